The summed E-state index contributed by atoms with van der Waals surface area (Å²) in [4.78, 5) is 2.51. The first-order valence-electron chi connectivity index (χ1n) is 8.53. The topological polar surface area (TPSA) is 8.17 Å². The summed E-state index contributed by atoms with van der Waals surface area (Å²) in [6.45, 7) is 9.13. The first-order valence-corrected chi connectivity index (χ1v) is 8.53. The smallest absolute Gasteiger partial charge is 0.0491 e. The summed E-state index contributed by atoms with van der Waals surface area (Å²) in [5.74, 6) is 0. The van der Waals surface area contributed by atoms with Gasteiger partial charge in [0.05, 0.1) is 0 Å². The summed E-state index contributed by atoms with van der Waals surface area (Å²) in [7, 11) is 0. The molecule has 3 rings (SSSR count). The van der Waals surface area contributed by atoms with Crippen LogP contribution in [0.2, 0.25) is 0 Å². The zero-order valence-electron chi connectivity index (χ0n) is 13.8. The van der Waals surface area contributed by atoms with Crippen molar-refractivity contribution in [2.24, 2.45) is 0 Å². The van der Waals surface area contributed by atoms with Gasteiger partial charge in [-0.1, -0.05) is 50.2 Å². The SMILES string of the molecule is CCN(CC)CCCCn1c2ccccc2c2ccccc21. The molecule has 0 aliphatic carbocycles. The first kappa shape index (κ1) is 15.1. The zero-order valence-corrected chi connectivity index (χ0v) is 13.8. The monoisotopic (exact) mass is 294 g/mol. The summed E-state index contributed by atoms with van der Waals surface area (Å²) in [5, 5.41) is 2.75. The maximum absolute atomic E-state index is 2.51. The molecule has 1 heterocycles. The molecule has 0 saturated carbocycles. The van der Waals surface area contributed by atoms with Crippen LogP contribution in [-0.2, 0) is 6.54 Å². The summed E-state index contributed by atoms with van der Waals surface area (Å²) in [6.07, 6.45) is 2.50. The van der Waals surface area contributed by atoms with Gasteiger partial charge in [-0.2, -0.15) is 0 Å². The Morgan fingerprint density at radius 3 is 1.86 bits per heavy atom. The normalized spacial score (nSPS) is 11.8. The summed E-state index contributed by atoms with van der Waals surface area (Å²) < 4.78 is 2.49. The third kappa shape index (κ3) is 2.89. The molecular weight excluding hydrogens is 268 g/mol. The van der Waals surface area contributed by atoms with Crippen molar-refractivity contribution in [1.29, 1.82) is 0 Å². The second-order valence-corrected chi connectivity index (χ2v) is 5.92. The Morgan fingerprint density at radius 1 is 0.773 bits per heavy atom. The van der Waals surface area contributed by atoms with E-state index in [0.717, 1.165) is 19.6 Å². The van der Waals surface area contributed by atoms with Gasteiger partial charge >= 0.3 is 0 Å². The van der Waals surface area contributed by atoms with E-state index >= 15 is 0 Å². The summed E-state index contributed by atoms with van der Waals surface area (Å²) in [5.41, 5.74) is 2.73. The minimum Gasteiger partial charge on any atom is -0.340 e. The van der Waals surface area contributed by atoms with E-state index in [2.05, 4.69) is 71.8 Å². The van der Waals surface area contributed by atoms with Crippen molar-refractivity contribution in [2.45, 2.75) is 33.2 Å². The number of rotatable bonds is 7. The second kappa shape index (κ2) is 6.97. The molecule has 0 unspecified atom stereocenters. The van der Waals surface area contributed by atoms with Crippen molar-refractivity contribution in [3.05, 3.63) is 48.5 Å². The van der Waals surface area contributed by atoms with Crippen molar-refractivity contribution in [2.75, 3.05) is 19.6 Å². The Balaban J connectivity index is 1.80. The quantitative estimate of drug-likeness (QED) is 0.562. The van der Waals surface area contributed by atoms with Gasteiger partial charge in [-0.05, 0) is 44.6 Å². The molecule has 116 valence electrons. The van der Waals surface area contributed by atoms with E-state index in [1.165, 1.54) is 41.2 Å². The lowest BCUT2D eigenvalue weighted by Gasteiger charge is -2.17. The lowest BCUT2D eigenvalue weighted by molar-refractivity contribution is 0.295. The van der Waals surface area contributed by atoms with Crippen molar-refractivity contribution >= 4 is 21.8 Å². The Morgan fingerprint density at radius 2 is 1.32 bits per heavy atom. The van der Waals surface area contributed by atoms with Gasteiger partial charge in [-0.3, -0.25) is 0 Å². The molecule has 0 spiro atoms. The van der Waals surface area contributed by atoms with E-state index in [4.69, 9.17) is 0 Å². The number of hydrogen-bond acceptors (Lipinski definition) is 1. The molecule has 0 bridgehead atoms. The predicted octanol–water partition coefficient (Wildman–Crippen LogP) is 4.92. The van der Waals surface area contributed by atoms with Gasteiger partial charge in [0.2, 0.25) is 0 Å². The molecule has 0 aliphatic rings. The lowest BCUT2D eigenvalue weighted by atomic mass is 10.2. The van der Waals surface area contributed by atoms with Gasteiger partial charge in [0.15, 0.2) is 0 Å². The number of fused-ring (bicyclic) bond motifs is 3. The molecule has 0 N–H and O–H groups in total. The molecule has 2 aromatic carbocycles. The van der Waals surface area contributed by atoms with Gasteiger partial charge in [-0.15, -0.1) is 0 Å². The maximum Gasteiger partial charge on any atom is 0.0491 e. The molecule has 2 nitrogen and oxygen atoms in total. The predicted molar refractivity (Wildman–Crippen MR) is 96.5 cm³/mol. The van der Waals surface area contributed by atoms with Gasteiger partial charge in [0.25, 0.3) is 0 Å². The van der Waals surface area contributed by atoms with Crippen LogP contribution >= 0.6 is 0 Å². The Labute approximate surface area is 133 Å². The highest BCUT2D eigenvalue weighted by molar-refractivity contribution is 6.07. The minimum atomic E-state index is 1.11. The van der Waals surface area contributed by atoms with E-state index in [-0.39, 0.29) is 0 Å². The number of aromatic nitrogens is 1. The van der Waals surface area contributed by atoms with E-state index in [0.29, 0.717) is 0 Å². The maximum atomic E-state index is 2.51. The minimum absolute atomic E-state index is 1.11. The molecule has 0 aliphatic heterocycles. The van der Waals surface area contributed by atoms with Crippen molar-refractivity contribution in [1.82, 2.24) is 9.47 Å². The average molecular weight is 294 g/mol. The molecule has 0 radical (unpaired) electrons. The number of nitrogens with zero attached hydrogens (tertiary/aromatic N) is 2. The number of hydrogen-bond donors (Lipinski definition) is 0. The van der Waals surface area contributed by atoms with Crippen molar-refractivity contribution in [3.63, 3.8) is 0 Å². The number of benzene rings is 2. The standard InChI is InChI=1S/C20H26N2/c1-3-21(4-2)15-9-10-16-22-19-13-7-5-11-17(19)18-12-6-8-14-20(18)22/h5-8,11-14H,3-4,9-10,15-16H2,1-2H3. The van der Waals surface area contributed by atoms with Crippen LogP contribution in [0.15, 0.2) is 48.5 Å². The first-order chi connectivity index (χ1) is 10.8. The van der Waals surface area contributed by atoms with Gasteiger partial charge in [0, 0.05) is 28.4 Å². The van der Waals surface area contributed by atoms with Gasteiger partial charge in [-0.25, -0.2) is 0 Å². The third-order valence-electron chi connectivity index (χ3n) is 4.68. The highest BCUT2D eigenvalue weighted by Crippen LogP contribution is 2.28. The lowest BCUT2D eigenvalue weighted by Crippen LogP contribution is -2.24. The fourth-order valence-electron chi connectivity index (χ4n) is 3.39. The highest BCUT2D eigenvalue weighted by atomic mass is 15.1. The largest absolute Gasteiger partial charge is 0.340 e. The van der Waals surface area contributed by atoms with E-state index in [9.17, 15) is 0 Å². The molecule has 3 aromatic rings. The summed E-state index contributed by atoms with van der Waals surface area (Å²) in [6, 6.07) is 17.5. The van der Waals surface area contributed by atoms with Crippen LogP contribution in [0.1, 0.15) is 26.7 Å². The molecule has 2 heteroatoms. The Bertz CT molecular complexity index is 684. The van der Waals surface area contributed by atoms with Crippen LogP contribution in [0.3, 0.4) is 0 Å². The fourth-order valence-corrected chi connectivity index (χ4v) is 3.39. The molecule has 1 aromatic heterocycles. The van der Waals surface area contributed by atoms with E-state index in [1.54, 1.807) is 0 Å². The van der Waals surface area contributed by atoms with E-state index < -0.39 is 0 Å². The number of unbranched alkanes of at least 4 members (excludes halogenated alkanes) is 1. The molecule has 0 amide bonds. The molecular formula is C20H26N2. The zero-order chi connectivity index (χ0) is 15.4. The molecule has 0 saturated heterocycles. The van der Waals surface area contributed by atoms with Crippen molar-refractivity contribution < 1.29 is 0 Å². The Kier molecular flexibility index (Phi) is 4.79. The van der Waals surface area contributed by atoms with Crippen LogP contribution in [0, 0.1) is 0 Å². The fraction of sp³-hybridized carbons (Fsp3) is 0.400. The third-order valence-corrected chi connectivity index (χ3v) is 4.68. The van der Waals surface area contributed by atoms with Crippen LogP contribution in [0.4, 0.5) is 0 Å². The number of aryl methyl sites for hydroxylation is 1. The van der Waals surface area contributed by atoms with Gasteiger partial charge in [0.1, 0.15) is 0 Å². The van der Waals surface area contributed by atoms with Crippen LogP contribution in [0.5, 0.6) is 0 Å². The summed E-state index contributed by atoms with van der Waals surface area (Å²) >= 11 is 0. The molecule has 22 heavy (non-hydrogen) atoms. The Hall–Kier alpha value is -1.80. The van der Waals surface area contributed by atoms with Crippen molar-refractivity contribution in [3.8, 4) is 0 Å². The molecule has 0 fully saturated rings. The average Bonchev–Trinajstić information content (AvgIpc) is 2.89. The van der Waals surface area contributed by atoms with Gasteiger partial charge < -0.3 is 9.47 Å². The van der Waals surface area contributed by atoms with Crippen LogP contribution in [0.25, 0.3) is 21.8 Å². The van der Waals surface area contributed by atoms with E-state index in [1.807, 2.05) is 0 Å². The van der Waals surface area contributed by atoms with Crippen LogP contribution in [-0.4, -0.2) is 29.1 Å². The van der Waals surface area contributed by atoms with Crippen LogP contribution < -0.4 is 0 Å². The second-order valence-electron chi connectivity index (χ2n) is 5.92. The molecule has 0 atom stereocenters. The number of para-hydroxylation sites is 2. The highest BCUT2D eigenvalue weighted by Gasteiger charge is 2.09.